The third-order valence-electron chi connectivity index (χ3n) is 5.32. The quantitative estimate of drug-likeness (QED) is 0.832. The topological polar surface area (TPSA) is 69.0 Å². The third kappa shape index (κ3) is 4.33. The predicted octanol–water partition coefficient (Wildman–Crippen LogP) is 4.22. The highest BCUT2D eigenvalue weighted by Crippen LogP contribution is 2.31. The standard InChI is InChI=1S/C20H25ClN4O2/c21-17-9-7-14(22-19(26)10-8-15-5-4-12-27-15)13-16(17)20-24-23-18-6-2-1-3-11-25(18)20/h7,9,13,15H,1-6,8,10-12H2,(H,22,26). The molecular formula is C20H25ClN4O2. The fraction of sp³-hybridized carbons (Fsp3) is 0.550. The van der Waals surface area contributed by atoms with Crippen molar-refractivity contribution in [3.8, 4) is 11.4 Å². The Kier molecular flexibility index (Phi) is 5.74. The maximum absolute atomic E-state index is 12.3. The maximum atomic E-state index is 12.3. The van der Waals surface area contributed by atoms with Gasteiger partial charge in [-0.1, -0.05) is 18.0 Å². The molecule has 2 aliphatic heterocycles. The Labute approximate surface area is 164 Å². The van der Waals surface area contributed by atoms with E-state index in [9.17, 15) is 4.79 Å². The van der Waals surface area contributed by atoms with Crippen molar-refractivity contribution in [2.24, 2.45) is 0 Å². The van der Waals surface area contributed by atoms with E-state index in [1.165, 1.54) is 6.42 Å². The fourth-order valence-electron chi connectivity index (χ4n) is 3.85. The van der Waals surface area contributed by atoms with Gasteiger partial charge in [-0.15, -0.1) is 10.2 Å². The summed E-state index contributed by atoms with van der Waals surface area (Å²) in [6.45, 7) is 1.72. The summed E-state index contributed by atoms with van der Waals surface area (Å²) in [6.07, 6.45) is 8.02. The van der Waals surface area contributed by atoms with E-state index in [1.54, 1.807) is 0 Å². The highest BCUT2D eigenvalue weighted by molar-refractivity contribution is 6.33. The molecule has 1 fully saturated rings. The number of nitrogens with one attached hydrogen (secondary N) is 1. The van der Waals surface area contributed by atoms with Gasteiger partial charge in [0.05, 0.1) is 11.1 Å². The van der Waals surface area contributed by atoms with Crippen LogP contribution in [0.2, 0.25) is 5.02 Å². The number of carbonyl (C=O) groups is 1. The number of halogens is 1. The Hall–Kier alpha value is -1.92. The Morgan fingerprint density at radius 1 is 1.26 bits per heavy atom. The number of rotatable bonds is 5. The van der Waals surface area contributed by atoms with Crippen LogP contribution in [0, 0.1) is 0 Å². The van der Waals surface area contributed by atoms with Crippen LogP contribution in [0.4, 0.5) is 5.69 Å². The van der Waals surface area contributed by atoms with Gasteiger partial charge in [-0.3, -0.25) is 4.79 Å². The molecule has 6 nitrogen and oxygen atoms in total. The SMILES string of the molecule is O=C(CCC1CCCO1)Nc1ccc(Cl)c(-c2nnc3n2CCCCC3)c1. The Balaban J connectivity index is 1.48. The number of ether oxygens (including phenoxy) is 1. The number of anilines is 1. The Bertz CT molecular complexity index is 814. The summed E-state index contributed by atoms with van der Waals surface area (Å²) in [7, 11) is 0. The molecule has 1 unspecified atom stereocenters. The number of hydrogen-bond donors (Lipinski definition) is 1. The lowest BCUT2D eigenvalue weighted by Gasteiger charge is -2.12. The number of hydrogen-bond acceptors (Lipinski definition) is 4. The molecule has 0 bridgehead atoms. The molecule has 1 saturated heterocycles. The highest BCUT2D eigenvalue weighted by atomic mass is 35.5. The van der Waals surface area contributed by atoms with E-state index in [4.69, 9.17) is 16.3 Å². The summed E-state index contributed by atoms with van der Waals surface area (Å²) in [5.74, 6) is 1.80. The van der Waals surface area contributed by atoms with E-state index in [0.29, 0.717) is 11.4 Å². The minimum absolute atomic E-state index is 0.00107. The number of aromatic nitrogens is 3. The first-order valence-electron chi connectivity index (χ1n) is 9.84. The number of nitrogens with zero attached hydrogens (tertiary/aromatic N) is 3. The van der Waals surface area contributed by atoms with Crippen molar-refractivity contribution < 1.29 is 9.53 Å². The molecule has 2 aromatic rings. The molecule has 0 spiro atoms. The van der Waals surface area contributed by atoms with E-state index >= 15 is 0 Å². The van der Waals surface area contributed by atoms with Gasteiger partial charge in [-0.05, 0) is 50.3 Å². The summed E-state index contributed by atoms with van der Waals surface area (Å²) < 4.78 is 7.75. The van der Waals surface area contributed by atoms with Gasteiger partial charge in [0, 0.05) is 37.2 Å². The molecule has 0 aliphatic carbocycles. The minimum atomic E-state index is -0.00107. The smallest absolute Gasteiger partial charge is 0.224 e. The third-order valence-corrected chi connectivity index (χ3v) is 5.65. The van der Waals surface area contributed by atoms with Crippen LogP contribution in [0.5, 0.6) is 0 Å². The van der Waals surface area contributed by atoms with Crippen molar-refractivity contribution in [1.29, 1.82) is 0 Å². The number of benzene rings is 1. The van der Waals surface area contributed by atoms with Gasteiger partial charge in [0.1, 0.15) is 5.82 Å². The molecule has 1 amide bonds. The number of amides is 1. The second kappa shape index (κ2) is 8.40. The molecule has 1 aromatic heterocycles. The highest BCUT2D eigenvalue weighted by Gasteiger charge is 2.19. The summed E-state index contributed by atoms with van der Waals surface area (Å²) in [5, 5.41) is 12.3. The summed E-state index contributed by atoms with van der Waals surface area (Å²) >= 11 is 6.44. The molecule has 1 N–H and O–H groups in total. The summed E-state index contributed by atoms with van der Waals surface area (Å²) in [4.78, 5) is 12.3. The van der Waals surface area contributed by atoms with Crippen molar-refractivity contribution in [3.63, 3.8) is 0 Å². The first-order chi connectivity index (χ1) is 13.2. The van der Waals surface area contributed by atoms with Crippen LogP contribution in [-0.4, -0.2) is 33.4 Å². The predicted molar refractivity (Wildman–Crippen MR) is 105 cm³/mol. The number of fused-ring (bicyclic) bond motifs is 1. The maximum Gasteiger partial charge on any atom is 0.224 e. The van der Waals surface area contributed by atoms with E-state index < -0.39 is 0 Å². The molecule has 2 aliphatic rings. The molecule has 4 rings (SSSR count). The molecule has 1 aromatic carbocycles. The summed E-state index contributed by atoms with van der Waals surface area (Å²) in [5.41, 5.74) is 1.55. The summed E-state index contributed by atoms with van der Waals surface area (Å²) in [6, 6.07) is 5.54. The van der Waals surface area contributed by atoms with Crippen LogP contribution in [-0.2, 0) is 22.5 Å². The van der Waals surface area contributed by atoms with Crippen molar-refractivity contribution in [2.45, 2.75) is 64.0 Å². The van der Waals surface area contributed by atoms with Gasteiger partial charge in [0.25, 0.3) is 0 Å². The molecule has 0 radical (unpaired) electrons. The Morgan fingerprint density at radius 3 is 3.04 bits per heavy atom. The zero-order chi connectivity index (χ0) is 18.6. The van der Waals surface area contributed by atoms with Gasteiger partial charge in [0.2, 0.25) is 5.91 Å². The zero-order valence-corrected chi connectivity index (χ0v) is 16.2. The normalized spacial score (nSPS) is 19.5. The Morgan fingerprint density at radius 2 is 2.19 bits per heavy atom. The number of carbonyl (C=O) groups excluding carboxylic acids is 1. The van der Waals surface area contributed by atoms with Gasteiger partial charge >= 0.3 is 0 Å². The van der Waals surface area contributed by atoms with Gasteiger partial charge < -0.3 is 14.6 Å². The average molecular weight is 389 g/mol. The van der Waals surface area contributed by atoms with Crippen LogP contribution >= 0.6 is 11.6 Å². The minimum Gasteiger partial charge on any atom is -0.378 e. The van der Waals surface area contributed by atoms with E-state index in [1.807, 2.05) is 18.2 Å². The first-order valence-corrected chi connectivity index (χ1v) is 10.2. The fourth-order valence-corrected chi connectivity index (χ4v) is 4.05. The lowest BCUT2D eigenvalue weighted by Crippen LogP contribution is -2.15. The van der Waals surface area contributed by atoms with Crippen LogP contribution in [0.15, 0.2) is 18.2 Å². The van der Waals surface area contributed by atoms with Crippen molar-refractivity contribution in [3.05, 3.63) is 29.0 Å². The van der Waals surface area contributed by atoms with E-state index in [-0.39, 0.29) is 12.0 Å². The molecule has 7 heteroatoms. The van der Waals surface area contributed by atoms with Crippen molar-refractivity contribution in [2.75, 3.05) is 11.9 Å². The molecule has 144 valence electrons. The first kappa shape index (κ1) is 18.4. The van der Waals surface area contributed by atoms with Crippen LogP contribution in [0.1, 0.15) is 50.8 Å². The lowest BCUT2D eigenvalue weighted by molar-refractivity contribution is -0.116. The van der Waals surface area contributed by atoms with Crippen LogP contribution in [0.25, 0.3) is 11.4 Å². The molecular weight excluding hydrogens is 364 g/mol. The van der Waals surface area contributed by atoms with Crippen molar-refractivity contribution in [1.82, 2.24) is 14.8 Å². The van der Waals surface area contributed by atoms with E-state index in [0.717, 1.165) is 74.6 Å². The average Bonchev–Trinajstić information content (AvgIpc) is 3.27. The zero-order valence-electron chi connectivity index (χ0n) is 15.4. The monoisotopic (exact) mass is 388 g/mol. The van der Waals surface area contributed by atoms with E-state index in [2.05, 4.69) is 20.1 Å². The van der Waals surface area contributed by atoms with Gasteiger partial charge in [0.15, 0.2) is 5.82 Å². The second-order valence-electron chi connectivity index (χ2n) is 7.32. The molecule has 3 heterocycles. The van der Waals surface area contributed by atoms with Gasteiger partial charge in [-0.25, -0.2) is 0 Å². The van der Waals surface area contributed by atoms with Crippen LogP contribution in [0.3, 0.4) is 0 Å². The largest absolute Gasteiger partial charge is 0.378 e. The van der Waals surface area contributed by atoms with Crippen molar-refractivity contribution >= 4 is 23.2 Å². The van der Waals surface area contributed by atoms with Crippen LogP contribution < -0.4 is 5.32 Å². The number of aryl methyl sites for hydroxylation is 1. The molecule has 27 heavy (non-hydrogen) atoms. The lowest BCUT2D eigenvalue weighted by atomic mass is 10.1. The van der Waals surface area contributed by atoms with Gasteiger partial charge in [-0.2, -0.15) is 0 Å². The second-order valence-corrected chi connectivity index (χ2v) is 7.73. The molecule has 1 atom stereocenters. The molecule has 0 saturated carbocycles.